The maximum atomic E-state index is 12.3. The maximum Gasteiger partial charge on any atom is 0.229 e. The van der Waals surface area contributed by atoms with E-state index in [0.29, 0.717) is 24.6 Å². The number of fused-ring (bicyclic) bond motifs is 1. The Kier molecular flexibility index (Phi) is 5.27. The lowest BCUT2D eigenvalue weighted by atomic mass is 9.89. The number of anilines is 1. The van der Waals surface area contributed by atoms with E-state index < -0.39 is 15.3 Å². The van der Waals surface area contributed by atoms with Crippen LogP contribution in [-0.4, -0.2) is 35.4 Å². The van der Waals surface area contributed by atoms with E-state index in [4.69, 9.17) is 0 Å². The lowest BCUT2D eigenvalue weighted by Gasteiger charge is -2.26. The third-order valence-electron chi connectivity index (χ3n) is 4.86. The Labute approximate surface area is 147 Å². The van der Waals surface area contributed by atoms with Crippen molar-refractivity contribution in [1.29, 1.82) is 0 Å². The van der Waals surface area contributed by atoms with E-state index in [1.165, 1.54) is 22.1 Å². The van der Waals surface area contributed by atoms with Gasteiger partial charge in [0.2, 0.25) is 15.9 Å². The van der Waals surface area contributed by atoms with Gasteiger partial charge in [0.15, 0.2) is 5.13 Å². The fourth-order valence-corrected chi connectivity index (χ4v) is 5.67. The smallest absolute Gasteiger partial charge is 0.229 e. The second-order valence-electron chi connectivity index (χ2n) is 6.89. The first kappa shape index (κ1) is 17.8. The van der Waals surface area contributed by atoms with Crippen molar-refractivity contribution in [2.45, 2.75) is 64.2 Å². The van der Waals surface area contributed by atoms with Crippen molar-refractivity contribution in [3.8, 4) is 0 Å². The summed E-state index contributed by atoms with van der Waals surface area (Å²) in [5, 5.41) is 3.14. The molecule has 0 unspecified atom stereocenters. The number of thiazole rings is 1. The molecule has 0 radical (unpaired) electrons. The fourth-order valence-electron chi connectivity index (χ4n) is 3.31. The molecule has 0 aromatic carbocycles. The Morgan fingerprint density at radius 2 is 2.00 bits per heavy atom. The molecule has 3 rings (SSSR count). The Morgan fingerprint density at radius 3 is 2.67 bits per heavy atom. The molecule has 0 bridgehead atoms. The van der Waals surface area contributed by atoms with E-state index in [0.717, 1.165) is 36.3 Å². The monoisotopic (exact) mass is 371 g/mol. The van der Waals surface area contributed by atoms with Gasteiger partial charge in [-0.05, 0) is 26.7 Å². The highest BCUT2D eigenvalue weighted by Gasteiger charge is 2.31. The molecule has 2 aliphatic rings. The molecule has 6 nitrogen and oxygen atoms in total. The third kappa shape index (κ3) is 3.65. The van der Waals surface area contributed by atoms with Gasteiger partial charge in [0.25, 0.3) is 0 Å². The summed E-state index contributed by atoms with van der Waals surface area (Å²) in [6.07, 6.45) is 5.98. The molecule has 0 saturated heterocycles. The maximum absolute atomic E-state index is 12.3. The Hall–Kier alpha value is -0.990. The zero-order valence-electron chi connectivity index (χ0n) is 14.2. The van der Waals surface area contributed by atoms with Crippen LogP contribution in [0.25, 0.3) is 0 Å². The molecule has 0 spiro atoms. The van der Waals surface area contributed by atoms with Gasteiger partial charge in [-0.2, -0.15) is 4.31 Å². The summed E-state index contributed by atoms with van der Waals surface area (Å²) in [6, 6.07) is 0. The minimum absolute atomic E-state index is 0.0625. The molecular formula is C16H25N3O3S2. The topological polar surface area (TPSA) is 79.4 Å². The molecule has 1 aliphatic heterocycles. The third-order valence-corrected chi connectivity index (χ3v) is 8.08. The molecule has 0 atom stereocenters. The molecule has 2 heterocycles. The highest BCUT2D eigenvalue weighted by atomic mass is 32.2. The highest BCUT2D eigenvalue weighted by Crippen LogP contribution is 2.31. The van der Waals surface area contributed by atoms with Gasteiger partial charge in [0, 0.05) is 30.3 Å². The Balaban J connectivity index is 1.68. The minimum Gasteiger partial charge on any atom is -0.302 e. The van der Waals surface area contributed by atoms with Crippen molar-refractivity contribution >= 4 is 32.4 Å². The molecule has 1 aromatic rings. The van der Waals surface area contributed by atoms with Crippen LogP contribution in [0.3, 0.4) is 0 Å². The molecule has 1 aliphatic carbocycles. The molecule has 24 heavy (non-hydrogen) atoms. The predicted octanol–water partition coefficient (Wildman–Crippen LogP) is 2.76. The average molecular weight is 372 g/mol. The highest BCUT2D eigenvalue weighted by molar-refractivity contribution is 7.89. The Bertz CT molecular complexity index is 706. The fraction of sp³-hybridized carbons (Fsp3) is 0.750. The van der Waals surface area contributed by atoms with Gasteiger partial charge < -0.3 is 5.32 Å². The van der Waals surface area contributed by atoms with Crippen LogP contribution in [0.4, 0.5) is 5.13 Å². The van der Waals surface area contributed by atoms with Crippen molar-refractivity contribution in [2.24, 2.45) is 5.92 Å². The van der Waals surface area contributed by atoms with Crippen LogP contribution in [0, 0.1) is 5.92 Å². The predicted molar refractivity (Wildman–Crippen MR) is 95.5 cm³/mol. The number of amides is 1. The molecular weight excluding hydrogens is 346 g/mol. The SMILES string of the molecule is CC(C)S(=O)(=O)N1CCc2nc(NC(=O)C3CCCCC3)sc2C1. The van der Waals surface area contributed by atoms with Gasteiger partial charge in [0.05, 0.1) is 10.9 Å². The first-order valence-electron chi connectivity index (χ1n) is 8.66. The van der Waals surface area contributed by atoms with Crippen LogP contribution in [-0.2, 0) is 27.8 Å². The number of rotatable bonds is 4. The number of carbonyl (C=O) groups is 1. The number of sulfonamides is 1. The normalized spacial score (nSPS) is 20.1. The summed E-state index contributed by atoms with van der Waals surface area (Å²) < 4.78 is 26.2. The zero-order valence-corrected chi connectivity index (χ0v) is 15.9. The Morgan fingerprint density at radius 1 is 1.29 bits per heavy atom. The summed E-state index contributed by atoms with van der Waals surface area (Å²) in [5.41, 5.74) is 0.925. The summed E-state index contributed by atoms with van der Waals surface area (Å²) in [7, 11) is -3.25. The van der Waals surface area contributed by atoms with E-state index in [1.807, 2.05) is 0 Å². The van der Waals surface area contributed by atoms with Crippen LogP contribution in [0.2, 0.25) is 0 Å². The summed E-state index contributed by atoms with van der Waals surface area (Å²) >= 11 is 1.41. The summed E-state index contributed by atoms with van der Waals surface area (Å²) in [5.74, 6) is 0.157. The molecule has 1 saturated carbocycles. The van der Waals surface area contributed by atoms with Crippen LogP contribution in [0.1, 0.15) is 56.5 Å². The molecule has 134 valence electrons. The van der Waals surface area contributed by atoms with Crippen LogP contribution in [0.5, 0.6) is 0 Å². The quantitative estimate of drug-likeness (QED) is 0.882. The van der Waals surface area contributed by atoms with E-state index in [9.17, 15) is 13.2 Å². The van der Waals surface area contributed by atoms with Crippen molar-refractivity contribution in [1.82, 2.24) is 9.29 Å². The van der Waals surface area contributed by atoms with Crippen LogP contribution >= 0.6 is 11.3 Å². The van der Waals surface area contributed by atoms with Gasteiger partial charge in [-0.3, -0.25) is 4.79 Å². The lowest BCUT2D eigenvalue weighted by Crippen LogP contribution is -2.39. The summed E-state index contributed by atoms with van der Waals surface area (Å²) in [6.45, 7) is 4.24. The number of nitrogens with zero attached hydrogens (tertiary/aromatic N) is 2. The average Bonchev–Trinajstić information content (AvgIpc) is 2.96. The van der Waals surface area contributed by atoms with Crippen molar-refractivity contribution in [2.75, 3.05) is 11.9 Å². The standard InChI is InChI=1S/C16H25N3O3S2/c1-11(2)24(21,22)19-9-8-13-14(10-19)23-16(17-13)18-15(20)12-6-4-3-5-7-12/h11-12H,3-10H2,1-2H3,(H,17,18,20). The number of hydrogen-bond acceptors (Lipinski definition) is 5. The van der Waals surface area contributed by atoms with Gasteiger partial charge in [-0.25, -0.2) is 13.4 Å². The second kappa shape index (κ2) is 7.09. The van der Waals surface area contributed by atoms with E-state index >= 15 is 0 Å². The largest absolute Gasteiger partial charge is 0.302 e. The second-order valence-corrected chi connectivity index (χ2v) is 10.5. The first-order chi connectivity index (χ1) is 11.4. The molecule has 1 amide bonds. The lowest BCUT2D eigenvalue weighted by molar-refractivity contribution is -0.120. The van der Waals surface area contributed by atoms with Gasteiger partial charge in [-0.1, -0.05) is 19.3 Å². The molecule has 1 N–H and O–H groups in total. The number of aromatic nitrogens is 1. The van der Waals surface area contributed by atoms with Gasteiger partial charge >= 0.3 is 0 Å². The van der Waals surface area contributed by atoms with Crippen molar-refractivity contribution in [3.63, 3.8) is 0 Å². The zero-order chi connectivity index (χ0) is 17.3. The molecule has 1 fully saturated rings. The van der Waals surface area contributed by atoms with Crippen molar-refractivity contribution in [3.05, 3.63) is 10.6 Å². The first-order valence-corrected chi connectivity index (χ1v) is 11.0. The number of hydrogen-bond donors (Lipinski definition) is 1. The molecule has 1 aromatic heterocycles. The number of carbonyl (C=O) groups excluding carboxylic acids is 1. The van der Waals surface area contributed by atoms with Crippen molar-refractivity contribution < 1.29 is 13.2 Å². The van der Waals surface area contributed by atoms with E-state index in [2.05, 4.69) is 10.3 Å². The van der Waals surface area contributed by atoms with Gasteiger partial charge in [-0.15, -0.1) is 11.3 Å². The molecule has 8 heteroatoms. The van der Waals surface area contributed by atoms with E-state index in [1.54, 1.807) is 13.8 Å². The van der Waals surface area contributed by atoms with Crippen LogP contribution in [0.15, 0.2) is 0 Å². The number of nitrogens with one attached hydrogen (secondary N) is 1. The van der Waals surface area contributed by atoms with Gasteiger partial charge in [0.1, 0.15) is 0 Å². The van der Waals surface area contributed by atoms with Crippen LogP contribution < -0.4 is 5.32 Å². The minimum atomic E-state index is -3.25. The summed E-state index contributed by atoms with van der Waals surface area (Å²) in [4.78, 5) is 17.8. The van der Waals surface area contributed by atoms with E-state index in [-0.39, 0.29) is 11.8 Å².